The number of cyclic esters (lactones) is 1. The molecule has 1 aromatic rings. The SMILES string of the molecule is C[C@H](C(=O)N1C(=O)OC[C@H]1Cc1ccccc1)[C@@H]1CCCN1C(=O)OC(C)(C)C. The Balaban J connectivity index is 1.71. The van der Waals surface area contributed by atoms with Crippen molar-refractivity contribution in [1.29, 1.82) is 0 Å². The van der Waals surface area contributed by atoms with Gasteiger partial charge in [-0.1, -0.05) is 37.3 Å². The zero-order valence-corrected chi connectivity index (χ0v) is 17.6. The smallest absolute Gasteiger partial charge is 0.416 e. The van der Waals surface area contributed by atoms with Crippen LogP contribution >= 0.6 is 0 Å². The molecule has 2 saturated heterocycles. The third-order valence-corrected chi connectivity index (χ3v) is 5.41. The fourth-order valence-corrected chi connectivity index (χ4v) is 4.01. The topological polar surface area (TPSA) is 76.2 Å². The molecular weight excluding hydrogens is 372 g/mol. The van der Waals surface area contributed by atoms with Crippen LogP contribution in [0.2, 0.25) is 0 Å². The van der Waals surface area contributed by atoms with E-state index in [0.29, 0.717) is 19.4 Å². The molecule has 0 N–H and O–H groups in total. The van der Waals surface area contributed by atoms with Gasteiger partial charge in [0.25, 0.3) is 0 Å². The van der Waals surface area contributed by atoms with Crippen molar-refractivity contribution < 1.29 is 23.9 Å². The van der Waals surface area contributed by atoms with Gasteiger partial charge in [0.2, 0.25) is 5.91 Å². The van der Waals surface area contributed by atoms with E-state index < -0.39 is 23.7 Å². The molecule has 158 valence electrons. The van der Waals surface area contributed by atoms with Crippen molar-refractivity contribution in [1.82, 2.24) is 9.80 Å². The van der Waals surface area contributed by atoms with Crippen LogP contribution in [0.5, 0.6) is 0 Å². The molecule has 3 rings (SSSR count). The second-order valence-corrected chi connectivity index (χ2v) is 8.80. The molecule has 2 fully saturated rings. The molecule has 0 bridgehead atoms. The molecule has 29 heavy (non-hydrogen) atoms. The van der Waals surface area contributed by atoms with Gasteiger partial charge in [-0.15, -0.1) is 0 Å². The van der Waals surface area contributed by atoms with Crippen LogP contribution < -0.4 is 0 Å². The van der Waals surface area contributed by atoms with E-state index in [-0.39, 0.29) is 24.6 Å². The summed E-state index contributed by atoms with van der Waals surface area (Å²) < 4.78 is 10.7. The van der Waals surface area contributed by atoms with E-state index in [4.69, 9.17) is 9.47 Å². The Morgan fingerprint density at radius 3 is 2.59 bits per heavy atom. The summed E-state index contributed by atoms with van der Waals surface area (Å²) in [5.41, 5.74) is 0.439. The first kappa shape index (κ1) is 21.1. The predicted molar refractivity (Wildman–Crippen MR) is 107 cm³/mol. The molecule has 0 aromatic heterocycles. The fourth-order valence-electron chi connectivity index (χ4n) is 4.01. The summed E-state index contributed by atoms with van der Waals surface area (Å²) in [5.74, 6) is -0.817. The third kappa shape index (κ3) is 4.89. The maximum absolute atomic E-state index is 13.2. The maximum atomic E-state index is 13.2. The number of imide groups is 1. The molecule has 0 spiro atoms. The highest BCUT2D eigenvalue weighted by Crippen LogP contribution is 2.29. The Bertz CT molecular complexity index is 758. The summed E-state index contributed by atoms with van der Waals surface area (Å²) in [6, 6.07) is 9.10. The van der Waals surface area contributed by atoms with Crippen molar-refractivity contribution in [3.63, 3.8) is 0 Å². The standard InChI is InChI=1S/C22H30N2O5/c1-15(18-11-8-12-23(18)20(26)29-22(2,3)4)19(25)24-17(14-28-21(24)27)13-16-9-6-5-7-10-16/h5-7,9-10,15,17-18H,8,11-14H2,1-4H3/t15-,17+,18-/m0/s1. The highest BCUT2D eigenvalue weighted by molar-refractivity contribution is 5.95. The summed E-state index contributed by atoms with van der Waals surface area (Å²) in [5, 5.41) is 0. The van der Waals surface area contributed by atoms with E-state index in [2.05, 4.69) is 0 Å². The minimum Gasteiger partial charge on any atom is -0.447 e. The number of nitrogens with zero attached hydrogens (tertiary/aromatic N) is 2. The van der Waals surface area contributed by atoms with Crippen molar-refractivity contribution >= 4 is 18.1 Å². The van der Waals surface area contributed by atoms with Crippen molar-refractivity contribution in [2.75, 3.05) is 13.2 Å². The Labute approximate surface area is 171 Å². The van der Waals surface area contributed by atoms with Crippen LogP contribution in [0.1, 0.15) is 46.1 Å². The summed E-state index contributed by atoms with van der Waals surface area (Å²) in [6.07, 6.45) is 1.04. The Kier molecular flexibility index (Phi) is 6.15. The molecule has 0 saturated carbocycles. The summed E-state index contributed by atoms with van der Waals surface area (Å²) in [4.78, 5) is 41.0. The number of hydrogen-bond donors (Lipinski definition) is 0. The van der Waals surface area contributed by atoms with E-state index in [1.54, 1.807) is 11.8 Å². The minimum atomic E-state index is -0.607. The van der Waals surface area contributed by atoms with Crippen LogP contribution in [0.4, 0.5) is 9.59 Å². The van der Waals surface area contributed by atoms with Crippen LogP contribution in [0.25, 0.3) is 0 Å². The van der Waals surface area contributed by atoms with E-state index >= 15 is 0 Å². The number of hydrogen-bond acceptors (Lipinski definition) is 5. The Morgan fingerprint density at radius 1 is 1.24 bits per heavy atom. The van der Waals surface area contributed by atoms with Gasteiger partial charge in [-0.25, -0.2) is 14.5 Å². The lowest BCUT2D eigenvalue weighted by Gasteiger charge is -2.33. The largest absolute Gasteiger partial charge is 0.447 e. The first-order valence-corrected chi connectivity index (χ1v) is 10.2. The molecule has 0 unspecified atom stereocenters. The van der Waals surface area contributed by atoms with E-state index in [1.165, 1.54) is 4.90 Å². The molecule has 2 heterocycles. The Morgan fingerprint density at radius 2 is 1.93 bits per heavy atom. The van der Waals surface area contributed by atoms with Gasteiger partial charge in [0.15, 0.2) is 0 Å². The van der Waals surface area contributed by atoms with Crippen LogP contribution in [0.15, 0.2) is 30.3 Å². The molecule has 7 nitrogen and oxygen atoms in total. The lowest BCUT2D eigenvalue weighted by atomic mass is 9.96. The van der Waals surface area contributed by atoms with Crippen LogP contribution in [-0.4, -0.2) is 58.7 Å². The van der Waals surface area contributed by atoms with Gasteiger partial charge in [-0.2, -0.15) is 0 Å². The van der Waals surface area contributed by atoms with E-state index in [1.807, 2.05) is 51.1 Å². The molecule has 3 amide bonds. The predicted octanol–water partition coefficient (Wildman–Crippen LogP) is 3.61. The third-order valence-electron chi connectivity index (χ3n) is 5.41. The summed E-state index contributed by atoms with van der Waals surface area (Å²) in [6.45, 7) is 7.97. The number of rotatable bonds is 4. The normalized spacial score (nSPS) is 23.1. The number of ether oxygens (including phenoxy) is 2. The van der Waals surface area contributed by atoms with Crippen molar-refractivity contribution in [3.8, 4) is 0 Å². The molecule has 0 aliphatic carbocycles. The van der Waals surface area contributed by atoms with Crippen molar-refractivity contribution in [2.45, 2.75) is 64.6 Å². The first-order chi connectivity index (χ1) is 13.7. The monoisotopic (exact) mass is 402 g/mol. The van der Waals surface area contributed by atoms with Gasteiger partial charge in [-0.3, -0.25) is 4.79 Å². The van der Waals surface area contributed by atoms with Gasteiger partial charge in [-0.05, 0) is 45.6 Å². The van der Waals surface area contributed by atoms with E-state index in [9.17, 15) is 14.4 Å². The second-order valence-electron chi connectivity index (χ2n) is 8.80. The first-order valence-electron chi connectivity index (χ1n) is 10.2. The summed E-state index contributed by atoms with van der Waals surface area (Å²) >= 11 is 0. The highest BCUT2D eigenvalue weighted by atomic mass is 16.6. The molecule has 3 atom stereocenters. The lowest BCUT2D eigenvalue weighted by Crippen LogP contribution is -2.50. The molecule has 0 radical (unpaired) electrons. The Hall–Kier alpha value is -2.57. The van der Waals surface area contributed by atoms with Crippen LogP contribution in [0.3, 0.4) is 0 Å². The molecule has 1 aromatic carbocycles. The number of carbonyl (C=O) groups excluding carboxylic acids is 3. The van der Waals surface area contributed by atoms with Gasteiger partial charge in [0.05, 0.1) is 12.0 Å². The zero-order valence-electron chi connectivity index (χ0n) is 17.6. The molecule has 2 aliphatic heterocycles. The second kappa shape index (κ2) is 8.43. The van der Waals surface area contributed by atoms with Gasteiger partial charge >= 0.3 is 12.2 Å². The molecule has 7 heteroatoms. The summed E-state index contributed by atoms with van der Waals surface area (Å²) in [7, 11) is 0. The lowest BCUT2D eigenvalue weighted by molar-refractivity contribution is -0.134. The van der Waals surface area contributed by atoms with Gasteiger partial charge in [0, 0.05) is 12.6 Å². The zero-order chi connectivity index (χ0) is 21.2. The van der Waals surface area contributed by atoms with E-state index in [0.717, 1.165) is 12.0 Å². The highest BCUT2D eigenvalue weighted by Gasteiger charge is 2.44. The quantitative estimate of drug-likeness (QED) is 0.769. The van der Waals surface area contributed by atoms with Gasteiger partial charge < -0.3 is 14.4 Å². The average molecular weight is 402 g/mol. The van der Waals surface area contributed by atoms with Crippen LogP contribution in [-0.2, 0) is 20.7 Å². The molecular formula is C22H30N2O5. The number of likely N-dealkylation sites (tertiary alicyclic amines) is 1. The fraction of sp³-hybridized carbons (Fsp3) is 0.591. The molecule has 2 aliphatic rings. The van der Waals surface area contributed by atoms with Crippen molar-refractivity contribution in [2.24, 2.45) is 5.92 Å². The minimum absolute atomic E-state index is 0.187. The number of benzene rings is 1. The van der Waals surface area contributed by atoms with Crippen LogP contribution in [0, 0.1) is 5.92 Å². The number of amides is 3. The van der Waals surface area contributed by atoms with Gasteiger partial charge in [0.1, 0.15) is 12.2 Å². The van der Waals surface area contributed by atoms with Crippen molar-refractivity contribution in [3.05, 3.63) is 35.9 Å². The average Bonchev–Trinajstić information content (AvgIpc) is 3.27. The number of carbonyl (C=O) groups is 3. The maximum Gasteiger partial charge on any atom is 0.416 e.